The monoisotopic (exact) mass is 236 g/mol. The Balaban J connectivity index is 2.23. The second-order valence-electron chi connectivity index (χ2n) is 5.35. The molecule has 0 spiro atoms. The van der Waals surface area contributed by atoms with Gasteiger partial charge in [-0.2, -0.15) is 0 Å². The van der Waals surface area contributed by atoms with Crippen molar-refractivity contribution >= 4 is 5.97 Å². The fourth-order valence-electron chi connectivity index (χ4n) is 2.67. The molecule has 1 aliphatic rings. The number of hydrogen-bond acceptors (Lipinski definition) is 2. The van der Waals surface area contributed by atoms with Gasteiger partial charge in [-0.05, 0) is 19.8 Å². The van der Waals surface area contributed by atoms with Crippen LogP contribution in [0.15, 0.2) is 0 Å². The van der Waals surface area contributed by atoms with Gasteiger partial charge in [-0.3, -0.25) is 4.79 Å². The molecule has 2 N–H and O–H groups in total. The molecular weight excluding hydrogens is 216 g/mol. The number of rotatable bonds is 3. The van der Waals surface area contributed by atoms with Crippen LogP contribution < -0.4 is 0 Å². The highest BCUT2D eigenvalue weighted by molar-refractivity contribution is 5.69. The van der Waals surface area contributed by atoms with Crippen LogP contribution in [-0.2, 0) is 16.6 Å². The van der Waals surface area contributed by atoms with E-state index in [-0.39, 0.29) is 11.8 Å². The number of H-pyrrole nitrogens is 1. The highest BCUT2D eigenvalue weighted by Crippen LogP contribution is 2.37. The molecular formula is C13H20N2O2. The lowest BCUT2D eigenvalue weighted by atomic mass is 9.75. The highest BCUT2D eigenvalue weighted by atomic mass is 16.4. The number of nitrogens with zero attached hydrogens (tertiary/aromatic N) is 1. The molecule has 0 aromatic carbocycles. The molecule has 0 amide bonds. The summed E-state index contributed by atoms with van der Waals surface area (Å²) in [4.78, 5) is 18.5. The zero-order chi connectivity index (χ0) is 12.5. The van der Waals surface area contributed by atoms with Crippen LogP contribution in [0.25, 0.3) is 0 Å². The van der Waals surface area contributed by atoms with E-state index in [2.05, 4.69) is 16.9 Å². The number of aryl methyl sites for hydroxylation is 1. The first-order valence-corrected chi connectivity index (χ1v) is 6.29. The van der Waals surface area contributed by atoms with Gasteiger partial charge in [0.05, 0.1) is 12.1 Å². The van der Waals surface area contributed by atoms with Gasteiger partial charge in [0.1, 0.15) is 5.82 Å². The van der Waals surface area contributed by atoms with Crippen molar-refractivity contribution in [1.82, 2.24) is 9.97 Å². The van der Waals surface area contributed by atoms with Gasteiger partial charge in [-0.1, -0.05) is 26.2 Å². The van der Waals surface area contributed by atoms with Crippen molar-refractivity contribution in [1.29, 1.82) is 0 Å². The number of hydrogen-bond donors (Lipinski definition) is 2. The minimum atomic E-state index is -0.819. The SMILES string of the molecule is Cc1[nH]c(C2(C)CCCCC2)nc1CC(=O)O. The van der Waals surface area contributed by atoms with Gasteiger partial charge >= 0.3 is 5.97 Å². The van der Waals surface area contributed by atoms with Crippen molar-refractivity contribution < 1.29 is 9.90 Å². The zero-order valence-corrected chi connectivity index (χ0v) is 10.5. The summed E-state index contributed by atoms with van der Waals surface area (Å²) in [5.41, 5.74) is 1.69. The molecule has 94 valence electrons. The standard InChI is InChI=1S/C13H20N2O2/c1-9-10(8-11(16)17)15-12(14-9)13(2)6-4-3-5-7-13/h3-8H2,1-2H3,(H,14,15)(H,16,17). The van der Waals surface area contributed by atoms with E-state index in [1.54, 1.807) is 0 Å². The Kier molecular flexibility index (Phi) is 3.22. The third-order valence-electron chi connectivity index (χ3n) is 3.83. The van der Waals surface area contributed by atoms with E-state index >= 15 is 0 Å². The molecule has 0 radical (unpaired) electrons. The zero-order valence-electron chi connectivity index (χ0n) is 10.5. The number of aliphatic carboxylic acids is 1. The molecule has 0 unspecified atom stereocenters. The third-order valence-corrected chi connectivity index (χ3v) is 3.83. The van der Waals surface area contributed by atoms with Crippen LogP contribution in [0.3, 0.4) is 0 Å². The predicted molar refractivity (Wildman–Crippen MR) is 65.1 cm³/mol. The topological polar surface area (TPSA) is 66.0 Å². The van der Waals surface area contributed by atoms with Crippen LogP contribution >= 0.6 is 0 Å². The predicted octanol–water partition coefficient (Wildman–Crippen LogP) is 2.57. The van der Waals surface area contributed by atoms with Gasteiger partial charge in [0.15, 0.2) is 0 Å². The minimum absolute atomic E-state index is 0.0123. The number of imidazole rings is 1. The number of aromatic amines is 1. The molecule has 1 aromatic heterocycles. The van der Waals surface area contributed by atoms with Gasteiger partial charge in [0, 0.05) is 11.1 Å². The molecule has 17 heavy (non-hydrogen) atoms. The third kappa shape index (κ3) is 2.51. The molecule has 0 bridgehead atoms. The number of carbonyl (C=O) groups is 1. The van der Waals surface area contributed by atoms with Crippen LogP contribution in [0.5, 0.6) is 0 Å². The Hall–Kier alpha value is -1.32. The lowest BCUT2D eigenvalue weighted by Gasteiger charge is -2.31. The van der Waals surface area contributed by atoms with Crippen LogP contribution in [0.4, 0.5) is 0 Å². The minimum Gasteiger partial charge on any atom is -0.481 e. The summed E-state index contributed by atoms with van der Waals surface area (Å²) >= 11 is 0. The summed E-state index contributed by atoms with van der Waals surface area (Å²) < 4.78 is 0. The molecule has 0 aliphatic heterocycles. The summed E-state index contributed by atoms with van der Waals surface area (Å²) in [6, 6.07) is 0. The molecule has 4 heteroatoms. The van der Waals surface area contributed by atoms with Gasteiger partial charge in [0.25, 0.3) is 0 Å². The van der Waals surface area contributed by atoms with Crippen molar-refractivity contribution in [2.24, 2.45) is 0 Å². The first-order valence-electron chi connectivity index (χ1n) is 6.29. The summed E-state index contributed by atoms with van der Waals surface area (Å²) in [6.07, 6.45) is 6.09. The normalized spacial score (nSPS) is 19.2. The Bertz CT molecular complexity index is 417. The summed E-state index contributed by atoms with van der Waals surface area (Å²) in [5.74, 6) is 0.158. The first-order chi connectivity index (χ1) is 8.01. The fraction of sp³-hybridized carbons (Fsp3) is 0.692. The quantitative estimate of drug-likeness (QED) is 0.847. The average molecular weight is 236 g/mol. The molecule has 1 aromatic rings. The second kappa shape index (κ2) is 4.51. The van der Waals surface area contributed by atoms with E-state index in [4.69, 9.17) is 5.11 Å². The van der Waals surface area contributed by atoms with Crippen molar-refractivity contribution in [3.63, 3.8) is 0 Å². The van der Waals surface area contributed by atoms with Crippen molar-refractivity contribution in [3.05, 3.63) is 17.2 Å². The molecule has 1 fully saturated rings. The van der Waals surface area contributed by atoms with E-state index < -0.39 is 5.97 Å². The summed E-state index contributed by atoms with van der Waals surface area (Å²) in [6.45, 7) is 4.13. The van der Waals surface area contributed by atoms with Crippen molar-refractivity contribution in [2.45, 2.75) is 57.8 Å². The molecule has 1 heterocycles. The molecule has 0 atom stereocenters. The number of aromatic nitrogens is 2. The van der Waals surface area contributed by atoms with Crippen LogP contribution in [0.2, 0.25) is 0 Å². The van der Waals surface area contributed by atoms with E-state index in [1.165, 1.54) is 19.3 Å². The Morgan fingerprint density at radius 1 is 1.41 bits per heavy atom. The maximum atomic E-state index is 10.7. The van der Waals surface area contributed by atoms with Gasteiger partial charge in [-0.25, -0.2) is 4.98 Å². The second-order valence-corrected chi connectivity index (χ2v) is 5.35. The maximum Gasteiger partial charge on any atom is 0.309 e. The van der Waals surface area contributed by atoms with Crippen LogP contribution in [0, 0.1) is 6.92 Å². The Morgan fingerprint density at radius 2 is 2.06 bits per heavy atom. The van der Waals surface area contributed by atoms with E-state index in [9.17, 15) is 4.79 Å². The van der Waals surface area contributed by atoms with Crippen LogP contribution in [0.1, 0.15) is 56.2 Å². The Morgan fingerprint density at radius 3 is 2.65 bits per heavy atom. The summed E-state index contributed by atoms with van der Waals surface area (Å²) in [5, 5.41) is 8.82. The van der Waals surface area contributed by atoms with E-state index in [0.29, 0.717) is 5.69 Å². The lowest BCUT2D eigenvalue weighted by Crippen LogP contribution is -2.26. The molecule has 1 saturated carbocycles. The first kappa shape index (κ1) is 12.1. The Labute approximate surface area is 101 Å². The van der Waals surface area contributed by atoms with E-state index in [1.807, 2.05) is 6.92 Å². The number of carboxylic acids is 1. The molecule has 1 aliphatic carbocycles. The van der Waals surface area contributed by atoms with Crippen molar-refractivity contribution in [2.75, 3.05) is 0 Å². The van der Waals surface area contributed by atoms with E-state index in [0.717, 1.165) is 24.4 Å². The average Bonchev–Trinajstić information content (AvgIpc) is 2.61. The maximum absolute atomic E-state index is 10.7. The molecule has 0 saturated heterocycles. The largest absolute Gasteiger partial charge is 0.481 e. The highest BCUT2D eigenvalue weighted by Gasteiger charge is 2.32. The van der Waals surface area contributed by atoms with Crippen LogP contribution in [-0.4, -0.2) is 21.0 Å². The van der Waals surface area contributed by atoms with Gasteiger partial charge in [0.2, 0.25) is 0 Å². The van der Waals surface area contributed by atoms with Crippen molar-refractivity contribution in [3.8, 4) is 0 Å². The summed E-state index contributed by atoms with van der Waals surface area (Å²) in [7, 11) is 0. The molecule has 4 nitrogen and oxygen atoms in total. The molecule has 2 rings (SSSR count). The number of nitrogens with one attached hydrogen (secondary N) is 1. The lowest BCUT2D eigenvalue weighted by molar-refractivity contribution is -0.136. The number of carboxylic acid groups (broad SMARTS) is 1. The van der Waals surface area contributed by atoms with Gasteiger partial charge in [-0.15, -0.1) is 0 Å². The van der Waals surface area contributed by atoms with Gasteiger partial charge < -0.3 is 10.1 Å². The fourth-order valence-corrected chi connectivity index (χ4v) is 2.67. The smallest absolute Gasteiger partial charge is 0.309 e.